The van der Waals surface area contributed by atoms with Crippen LogP contribution >= 0.6 is 0 Å². The largest absolute Gasteiger partial charge is 0.502 e. The number of rotatable bonds is 6. The Kier molecular flexibility index (Phi) is 6.99. The average molecular weight is 386 g/mol. The molecule has 0 unspecified atom stereocenters. The number of phenols is 1. The second kappa shape index (κ2) is 9.02. The number of hydrogen-bond donors (Lipinski definition) is 5. The fraction of sp³-hybridized carbons (Fsp3) is 0.471. The molecule has 5 N–H and O–H groups in total. The third-order valence-corrected chi connectivity index (χ3v) is 4.01. The third-order valence-electron chi connectivity index (χ3n) is 4.01. The molecule has 1 heterocycles. The Hall–Kier alpha value is -2.37. The van der Waals surface area contributed by atoms with E-state index in [2.05, 4.69) is 0 Å². The van der Waals surface area contributed by atoms with Gasteiger partial charge in [0.2, 0.25) is 5.75 Å². The third kappa shape index (κ3) is 4.67. The lowest BCUT2D eigenvalue weighted by molar-refractivity contribution is -0.289. The highest BCUT2D eigenvalue weighted by molar-refractivity contribution is 5.87. The summed E-state index contributed by atoms with van der Waals surface area (Å²) in [7, 11) is 2.71. The van der Waals surface area contributed by atoms with Crippen LogP contribution in [0.15, 0.2) is 18.2 Å². The van der Waals surface area contributed by atoms with Crippen molar-refractivity contribution in [1.29, 1.82) is 0 Å². The molecule has 150 valence electrons. The highest BCUT2D eigenvalue weighted by Gasteiger charge is 2.45. The van der Waals surface area contributed by atoms with Crippen molar-refractivity contribution in [3.8, 4) is 17.2 Å². The van der Waals surface area contributed by atoms with E-state index < -0.39 is 43.3 Å². The quantitative estimate of drug-likeness (QED) is 0.296. The zero-order chi connectivity index (χ0) is 20.1. The zero-order valence-electron chi connectivity index (χ0n) is 14.7. The number of aliphatic hydroxyl groups is 4. The lowest BCUT2D eigenvalue weighted by Gasteiger charge is -2.39. The van der Waals surface area contributed by atoms with Crippen molar-refractivity contribution in [2.75, 3.05) is 20.8 Å². The predicted octanol–water partition coefficient (Wildman–Crippen LogP) is -1.23. The summed E-state index contributed by atoms with van der Waals surface area (Å²) in [6, 6.07) is 2.90. The van der Waals surface area contributed by atoms with Crippen LogP contribution in [0.4, 0.5) is 0 Å². The highest BCUT2D eigenvalue weighted by atomic mass is 16.7. The first-order valence-corrected chi connectivity index (χ1v) is 7.96. The zero-order valence-corrected chi connectivity index (χ0v) is 14.7. The second-order valence-corrected chi connectivity index (χ2v) is 5.74. The van der Waals surface area contributed by atoms with Crippen molar-refractivity contribution in [3.05, 3.63) is 23.8 Å². The van der Waals surface area contributed by atoms with E-state index in [1.54, 1.807) is 0 Å². The lowest BCUT2D eigenvalue weighted by Crippen LogP contribution is -2.59. The normalized spacial score (nSPS) is 28.1. The molecule has 0 amide bonds. The van der Waals surface area contributed by atoms with Crippen LogP contribution < -0.4 is 9.47 Å². The van der Waals surface area contributed by atoms with E-state index in [1.807, 2.05) is 0 Å². The minimum absolute atomic E-state index is 0.132. The van der Waals surface area contributed by atoms with Gasteiger partial charge in [0.15, 0.2) is 23.9 Å². The van der Waals surface area contributed by atoms with Gasteiger partial charge in [0.05, 0.1) is 20.8 Å². The molecule has 5 atom stereocenters. The number of carbonyl (C=O) groups is 1. The van der Waals surface area contributed by atoms with Crippen molar-refractivity contribution < 1.29 is 49.3 Å². The van der Waals surface area contributed by atoms with Gasteiger partial charge in [-0.1, -0.05) is 0 Å². The van der Waals surface area contributed by atoms with Gasteiger partial charge < -0.3 is 44.5 Å². The van der Waals surface area contributed by atoms with Crippen LogP contribution in [0.2, 0.25) is 0 Å². The molecule has 1 aliphatic heterocycles. The minimum Gasteiger partial charge on any atom is -0.502 e. The van der Waals surface area contributed by atoms with Gasteiger partial charge in [-0.25, -0.2) is 4.79 Å². The second-order valence-electron chi connectivity index (χ2n) is 5.74. The van der Waals surface area contributed by atoms with Crippen LogP contribution in [0.25, 0.3) is 6.08 Å². The van der Waals surface area contributed by atoms with E-state index in [1.165, 1.54) is 32.4 Å². The molecule has 0 spiro atoms. The average Bonchev–Trinajstić information content (AvgIpc) is 2.67. The first-order valence-electron chi connectivity index (χ1n) is 7.96. The molecule has 1 saturated heterocycles. The van der Waals surface area contributed by atoms with E-state index >= 15 is 0 Å². The molecule has 0 saturated carbocycles. The molecule has 10 heteroatoms. The summed E-state index contributed by atoms with van der Waals surface area (Å²) in [5, 5.41) is 48.4. The number of benzene rings is 1. The van der Waals surface area contributed by atoms with Crippen LogP contribution in [0, 0.1) is 0 Å². The number of methoxy groups -OCH3 is 2. The van der Waals surface area contributed by atoms with Gasteiger partial charge in [0.1, 0.15) is 18.3 Å². The van der Waals surface area contributed by atoms with Gasteiger partial charge >= 0.3 is 5.97 Å². The Balaban J connectivity index is 2.09. The van der Waals surface area contributed by atoms with Crippen molar-refractivity contribution in [1.82, 2.24) is 0 Å². The number of aromatic hydroxyl groups is 1. The van der Waals surface area contributed by atoms with E-state index in [0.717, 1.165) is 6.08 Å². The number of carbonyl (C=O) groups excluding carboxylic acids is 1. The van der Waals surface area contributed by atoms with Crippen molar-refractivity contribution in [2.45, 2.75) is 30.7 Å². The summed E-state index contributed by atoms with van der Waals surface area (Å²) in [6.45, 7) is -0.625. The molecule has 0 aliphatic carbocycles. The predicted molar refractivity (Wildman–Crippen MR) is 90.1 cm³/mol. The van der Waals surface area contributed by atoms with E-state index in [0.29, 0.717) is 5.56 Å². The fourth-order valence-corrected chi connectivity index (χ4v) is 2.55. The molecular weight excluding hydrogens is 364 g/mol. The van der Waals surface area contributed by atoms with Crippen LogP contribution in [0.1, 0.15) is 5.56 Å². The number of phenolic OH excluding ortho intramolecular Hbond substituents is 1. The maximum Gasteiger partial charge on any atom is 0.331 e. The highest BCUT2D eigenvalue weighted by Crippen LogP contribution is 2.37. The maximum absolute atomic E-state index is 12.0. The molecule has 0 radical (unpaired) electrons. The Labute approximate surface area is 154 Å². The Morgan fingerprint density at radius 2 is 1.74 bits per heavy atom. The molecule has 0 bridgehead atoms. The Morgan fingerprint density at radius 1 is 1.15 bits per heavy atom. The van der Waals surface area contributed by atoms with E-state index in [-0.39, 0.29) is 17.2 Å². The number of esters is 1. The first-order chi connectivity index (χ1) is 12.8. The van der Waals surface area contributed by atoms with Gasteiger partial charge in [-0.2, -0.15) is 0 Å². The molecule has 27 heavy (non-hydrogen) atoms. The summed E-state index contributed by atoms with van der Waals surface area (Å²) < 4.78 is 19.8. The summed E-state index contributed by atoms with van der Waals surface area (Å²) in [4.78, 5) is 12.0. The summed E-state index contributed by atoms with van der Waals surface area (Å²) in [5.41, 5.74) is 0.444. The topological polar surface area (TPSA) is 155 Å². The molecule has 2 rings (SSSR count). The van der Waals surface area contributed by atoms with Gasteiger partial charge in [-0.15, -0.1) is 0 Å². The Morgan fingerprint density at radius 3 is 2.26 bits per heavy atom. The maximum atomic E-state index is 12.0. The van der Waals surface area contributed by atoms with Crippen molar-refractivity contribution >= 4 is 12.0 Å². The van der Waals surface area contributed by atoms with Gasteiger partial charge in [0.25, 0.3) is 0 Å². The van der Waals surface area contributed by atoms with E-state index in [4.69, 9.17) is 24.1 Å². The van der Waals surface area contributed by atoms with Crippen LogP contribution in [-0.2, 0) is 14.3 Å². The van der Waals surface area contributed by atoms with Crippen LogP contribution in [0.3, 0.4) is 0 Å². The Bertz CT molecular complexity index is 663. The molecule has 10 nitrogen and oxygen atoms in total. The fourth-order valence-electron chi connectivity index (χ4n) is 2.55. The molecular formula is C17H22O10. The van der Waals surface area contributed by atoms with Gasteiger partial charge in [0, 0.05) is 6.08 Å². The minimum atomic E-state index is -1.72. The first kappa shape index (κ1) is 20.9. The van der Waals surface area contributed by atoms with E-state index in [9.17, 15) is 25.2 Å². The molecule has 0 aromatic heterocycles. The number of aliphatic hydroxyl groups excluding tert-OH is 4. The standard InChI is InChI=1S/C17H22O10/c1-24-9-5-8(6-10(25-2)13(9)20)3-4-12(19)27-16-15(22)14(21)11(7-18)26-17(16)23/h3-6,11,14-18,20-23H,7H2,1-2H3/b4-3+/t11-,14-,15+,16-,17-/m1/s1. The lowest BCUT2D eigenvalue weighted by atomic mass is 9.99. The SMILES string of the molecule is COc1cc(/C=C/C(=O)O[C@@H]2[C@@H](O)[C@H](O)[C@@H](CO)O[C@H]2O)cc(OC)c1O. The molecule has 1 aromatic rings. The molecule has 1 aliphatic rings. The molecule has 1 fully saturated rings. The summed E-state index contributed by atoms with van der Waals surface area (Å²) in [6.07, 6.45) is -5.28. The summed E-state index contributed by atoms with van der Waals surface area (Å²) in [5.74, 6) is -0.862. The van der Waals surface area contributed by atoms with Crippen LogP contribution in [-0.4, -0.2) is 83.0 Å². The monoisotopic (exact) mass is 386 g/mol. The smallest absolute Gasteiger partial charge is 0.331 e. The van der Waals surface area contributed by atoms with Gasteiger partial charge in [-0.3, -0.25) is 0 Å². The van der Waals surface area contributed by atoms with Crippen molar-refractivity contribution in [3.63, 3.8) is 0 Å². The number of hydrogen-bond acceptors (Lipinski definition) is 10. The molecule has 1 aromatic carbocycles. The van der Waals surface area contributed by atoms with Crippen LogP contribution in [0.5, 0.6) is 17.2 Å². The van der Waals surface area contributed by atoms with Gasteiger partial charge in [-0.05, 0) is 23.8 Å². The number of ether oxygens (including phenoxy) is 4. The van der Waals surface area contributed by atoms with Crippen molar-refractivity contribution in [2.24, 2.45) is 0 Å². The summed E-state index contributed by atoms with van der Waals surface area (Å²) >= 11 is 0.